The Balaban J connectivity index is 1.79. The number of amides is 1. The van der Waals surface area contributed by atoms with E-state index in [1.807, 2.05) is 30.3 Å². The van der Waals surface area contributed by atoms with Crippen molar-refractivity contribution in [1.29, 1.82) is 0 Å². The Kier molecular flexibility index (Phi) is 6.06. The molecule has 0 saturated carbocycles. The summed E-state index contributed by atoms with van der Waals surface area (Å²) in [7, 11) is 0. The van der Waals surface area contributed by atoms with Crippen molar-refractivity contribution in [1.82, 2.24) is 5.32 Å². The Labute approximate surface area is 133 Å². The summed E-state index contributed by atoms with van der Waals surface area (Å²) in [5, 5.41) is 2.55. The fourth-order valence-corrected chi connectivity index (χ4v) is 1.93. The fourth-order valence-electron chi connectivity index (χ4n) is 1.93. The van der Waals surface area contributed by atoms with Crippen LogP contribution in [-0.4, -0.2) is 18.9 Å². The van der Waals surface area contributed by atoms with Crippen molar-refractivity contribution in [3.63, 3.8) is 0 Å². The highest BCUT2D eigenvalue weighted by Gasteiger charge is 2.04. The van der Waals surface area contributed by atoms with Crippen molar-refractivity contribution in [2.45, 2.75) is 6.61 Å². The fraction of sp³-hybridized carbons (Fsp3) is 0.111. The molecule has 118 valence electrons. The van der Waals surface area contributed by atoms with Crippen molar-refractivity contribution >= 4 is 18.5 Å². The van der Waals surface area contributed by atoms with Gasteiger partial charge in [-0.25, -0.2) is 9.18 Å². The molecule has 2 aromatic rings. The van der Waals surface area contributed by atoms with Crippen LogP contribution < -0.4 is 5.32 Å². The highest BCUT2D eigenvalue weighted by molar-refractivity contribution is 5.82. The number of rotatable bonds is 6. The van der Waals surface area contributed by atoms with Crippen LogP contribution in [0.3, 0.4) is 0 Å². The van der Waals surface area contributed by atoms with Gasteiger partial charge in [0.2, 0.25) is 0 Å². The summed E-state index contributed by atoms with van der Waals surface area (Å²) in [5.74, 6) is -0.572. The molecule has 0 unspecified atom stereocenters. The van der Waals surface area contributed by atoms with Crippen molar-refractivity contribution in [3.8, 4) is 0 Å². The molecule has 0 spiro atoms. The lowest BCUT2D eigenvalue weighted by atomic mass is 10.1. The van der Waals surface area contributed by atoms with E-state index in [0.29, 0.717) is 11.8 Å². The molecule has 0 aromatic heterocycles. The Bertz CT molecular complexity index is 699. The predicted octanol–water partition coefficient (Wildman–Crippen LogP) is 3.58. The highest BCUT2D eigenvalue weighted by atomic mass is 19.1. The van der Waals surface area contributed by atoms with Gasteiger partial charge < -0.3 is 10.1 Å². The first-order valence-electron chi connectivity index (χ1n) is 7.05. The lowest BCUT2D eigenvalue weighted by molar-refractivity contribution is 0.111. The molecular formula is C18H16FNO3. The van der Waals surface area contributed by atoms with Crippen LogP contribution in [0, 0.1) is 5.82 Å². The maximum atomic E-state index is 13.4. The third kappa shape index (κ3) is 5.07. The molecule has 23 heavy (non-hydrogen) atoms. The quantitative estimate of drug-likeness (QED) is 0.829. The average molecular weight is 313 g/mol. The second-order valence-electron chi connectivity index (χ2n) is 4.71. The number of hydrogen-bond donors (Lipinski definition) is 1. The summed E-state index contributed by atoms with van der Waals surface area (Å²) < 4.78 is 18.4. The van der Waals surface area contributed by atoms with E-state index in [1.54, 1.807) is 18.2 Å². The molecule has 0 aliphatic rings. The Morgan fingerprint density at radius 2 is 1.91 bits per heavy atom. The number of carbonyl (C=O) groups is 2. The van der Waals surface area contributed by atoms with Gasteiger partial charge in [0.05, 0.1) is 5.56 Å². The SMILES string of the molecule is O=Cc1c(F)cccc1C=CCNC(=O)OCc1ccccc1. The molecule has 4 nitrogen and oxygen atoms in total. The molecular weight excluding hydrogens is 297 g/mol. The van der Waals surface area contributed by atoms with E-state index in [1.165, 1.54) is 12.1 Å². The molecule has 0 bridgehead atoms. The minimum Gasteiger partial charge on any atom is -0.445 e. The zero-order valence-corrected chi connectivity index (χ0v) is 12.4. The number of ether oxygens (including phenoxy) is 1. The van der Waals surface area contributed by atoms with Gasteiger partial charge in [0, 0.05) is 6.54 Å². The summed E-state index contributed by atoms with van der Waals surface area (Å²) in [6.45, 7) is 0.401. The standard InChI is InChI=1S/C18H16FNO3/c19-17-10-4-8-15(16(17)12-21)9-5-11-20-18(22)23-13-14-6-2-1-3-7-14/h1-10,12H,11,13H2,(H,20,22). The molecule has 0 atom stereocenters. The van der Waals surface area contributed by atoms with Crippen LogP contribution in [0.25, 0.3) is 6.08 Å². The molecule has 0 aliphatic heterocycles. The lowest BCUT2D eigenvalue weighted by Gasteiger charge is -2.05. The summed E-state index contributed by atoms with van der Waals surface area (Å²) in [4.78, 5) is 22.4. The normalized spacial score (nSPS) is 10.5. The molecule has 0 fully saturated rings. The summed E-state index contributed by atoms with van der Waals surface area (Å²) in [6, 6.07) is 13.7. The Hall–Kier alpha value is -2.95. The second-order valence-corrected chi connectivity index (χ2v) is 4.71. The zero-order chi connectivity index (χ0) is 16.5. The van der Waals surface area contributed by atoms with Gasteiger partial charge in [-0.15, -0.1) is 0 Å². The van der Waals surface area contributed by atoms with E-state index < -0.39 is 11.9 Å². The van der Waals surface area contributed by atoms with E-state index in [-0.39, 0.29) is 18.7 Å². The van der Waals surface area contributed by atoms with Gasteiger partial charge in [-0.3, -0.25) is 4.79 Å². The number of nitrogens with one attached hydrogen (secondary N) is 1. The molecule has 0 aliphatic carbocycles. The smallest absolute Gasteiger partial charge is 0.407 e. The first-order valence-corrected chi connectivity index (χ1v) is 7.05. The maximum absolute atomic E-state index is 13.4. The van der Waals surface area contributed by atoms with Crippen molar-refractivity contribution in [2.24, 2.45) is 0 Å². The molecule has 0 saturated heterocycles. The number of aldehydes is 1. The van der Waals surface area contributed by atoms with Crippen LogP contribution in [0.4, 0.5) is 9.18 Å². The van der Waals surface area contributed by atoms with E-state index in [0.717, 1.165) is 5.56 Å². The van der Waals surface area contributed by atoms with Gasteiger partial charge in [0.25, 0.3) is 0 Å². The molecule has 5 heteroatoms. The average Bonchev–Trinajstić information content (AvgIpc) is 2.58. The van der Waals surface area contributed by atoms with Crippen molar-refractivity contribution in [2.75, 3.05) is 6.54 Å². The number of halogens is 1. The minimum absolute atomic E-state index is 0.00426. The van der Waals surface area contributed by atoms with Crippen LogP contribution in [0.15, 0.2) is 54.6 Å². The third-order valence-corrected chi connectivity index (χ3v) is 3.08. The summed E-state index contributed by atoms with van der Waals surface area (Å²) in [5.41, 5.74) is 1.35. The second kappa shape index (κ2) is 8.48. The first kappa shape index (κ1) is 16.4. The van der Waals surface area contributed by atoms with Gasteiger partial charge in [0.1, 0.15) is 12.4 Å². The van der Waals surface area contributed by atoms with Crippen LogP contribution in [-0.2, 0) is 11.3 Å². The molecule has 2 aromatic carbocycles. The lowest BCUT2D eigenvalue weighted by Crippen LogP contribution is -2.24. The molecule has 1 amide bonds. The van der Waals surface area contributed by atoms with Gasteiger partial charge in [-0.05, 0) is 17.2 Å². The van der Waals surface area contributed by atoms with Gasteiger partial charge >= 0.3 is 6.09 Å². The van der Waals surface area contributed by atoms with Gasteiger partial charge in [-0.2, -0.15) is 0 Å². The summed E-state index contributed by atoms with van der Waals surface area (Å²) in [6.07, 6.45) is 3.11. The monoisotopic (exact) mass is 313 g/mol. The van der Waals surface area contributed by atoms with Crippen molar-refractivity contribution in [3.05, 3.63) is 77.1 Å². The maximum Gasteiger partial charge on any atom is 0.407 e. The van der Waals surface area contributed by atoms with Gasteiger partial charge in [0.15, 0.2) is 6.29 Å². The summed E-state index contributed by atoms with van der Waals surface area (Å²) >= 11 is 0. The third-order valence-electron chi connectivity index (χ3n) is 3.08. The van der Waals surface area contributed by atoms with Crippen LogP contribution in [0.1, 0.15) is 21.5 Å². The van der Waals surface area contributed by atoms with Crippen LogP contribution in [0.2, 0.25) is 0 Å². The molecule has 0 radical (unpaired) electrons. The van der Waals surface area contributed by atoms with E-state index in [2.05, 4.69) is 5.32 Å². The van der Waals surface area contributed by atoms with Crippen LogP contribution >= 0.6 is 0 Å². The highest BCUT2D eigenvalue weighted by Crippen LogP contribution is 2.12. The molecule has 1 N–H and O–H groups in total. The zero-order valence-electron chi connectivity index (χ0n) is 12.4. The largest absolute Gasteiger partial charge is 0.445 e. The molecule has 2 rings (SSSR count). The number of hydrogen-bond acceptors (Lipinski definition) is 3. The van der Waals surface area contributed by atoms with Crippen molar-refractivity contribution < 1.29 is 18.7 Å². The minimum atomic E-state index is -0.572. The Morgan fingerprint density at radius 1 is 1.13 bits per heavy atom. The van der Waals surface area contributed by atoms with E-state index >= 15 is 0 Å². The van der Waals surface area contributed by atoms with E-state index in [4.69, 9.17) is 4.74 Å². The Morgan fingerprint density at radius 3 is 2.65 bits per heavy atom. The number of benzene rings is 2. The van der Waals surface area contributed by atoms with E-state index in [9.17, 15) is 14.0 Å². The first-order chi connectivity index (χ1) is 11.2. The molecule has 0 heterocycles. The predicted molar refractivity (Wildman–Crippen MR) is 85.5 cm³/mol. The number of alkyl carbamates (subject to hydrolysis) is 1. The topological polar surface area (TPSA) is 55.4 Å². The van der Waals surface area contributed by atoms with Gasteiger partial charge in [-0.1, -0.05) is 54.6 Å². The van der Waals surface area contributed by atoms with Crippen LogP contribution in [0.5, 0.6) is 0 Å². The number of carbonyl (C=O) groups excluding carboxylic acids is 2.